The van der Waals surface area contributed by atoms with Crippen molar-refractivity contribution in [2.24, 2.45) is 5.18 Å². The van der Waals surface area contributed by atoms with Crippen LogP contribution >= 0.6 is 24.0 Å². The van der Waals surface area contributed by atoms with Crippen molar-refractivity contribution < 1.29 is 13.9 Å². The van der Waals surface area contributed by atoms with E-state index in [1.165, 1.54) is 16.7 Å². The highest BCUT2D eigenvalue weighted by Gasteiger charge is 2.33. The standard InChI is InChI=1S/C22H16N2O4S2/c1-2-27-15-9-7-14(8-10-15)24-21(25)20(30-22(24)29)13-16-11-12-19(28-16)17-5-3-4-6-18(17)23-26/h3-13H,2H2,1H3/b20-13+. The average Bonchev–Trinajstić information content (AvgIpc) is 3.33. The molecular formula is C22H16N2O4S2. The lowest BCUT2D eigenvalue weighted by Crippen LogP contribution is -2.27. The fourth-order valence-corrected chi connectivity index (χ4v) is 4.29. The third-order valence-electron chi connectivity index (χ3n) is 4.37. The topological polar surface area (TPSA) is 72.1 Å². The second kappa shape index (κ2) is 8.64. The minimum Gasteiger partial charge on any atom is -0.494 e. The number of nitrogens with zero attached hydrogens (tertiary/aromatic N) is 2. The van der Waals surface area contributed by atoms with Crippen LogP contribution in [0.25, 0.3) is 17.4 Å². The van der Waals surface area contributed by atoms with Crippen LogP contribution in [0.4, 0.5) is 11.4 Å². The lowest BCUT2D eigenvalue weighted by molar-refractivity contribution is -0.113. The molecule has 0 N–H and O–H groups in total. The fraction of sp³-hybridized carbons (Fsp3) is 0.0909. The molecular weight excluding hydrogens is 420 g/mol. The number of hydrogen-bond donors (Lipinski definition) is 0. The molecule has 0 spiro atoms. The maximum atomic E-state index is 12.9. The van der Waals surface area contributed by atoms with Crippen LogP contribution in [-0.2, 0) is 4.79 Å². The van der Waals surface area contributed by atoms with E-state index in [1.54, 1.807) is 66.7 Å². The summed E-state index contributed by atoms with van der Waals surface area (Å²) in [6.07, 6.45) is 1.65. The molecule has 8 heteroatoms. The van der Waals surface area contributed by atoms with Gasteiger partial charge in [-0.25, -0.2) is 0 Å². The Morgan fingerprint density at radius 3 is 2.63 bits per heavy atom. The average molecular weight is 437 g/mol. The highest BCUT2D eigenvalue weighted by molar-refractivity contribution is 8.27. The van der Waals surface area contributed by atoms with Crippen LogP contribution in [0.15, 0.2) is 75.2 Å². The second-order valence-electron chi connectivity index (χ2n) is 6.25. The lowest BCUT2D eigenvalue weighted by atomic mass is 10.1. The van der Waals surface area contributed by atoms with Gasteiger partial charge in [-0.15, -0.1) is 4.91 Å². The Bertz CT molecular complexity index is 1150. The van der Waals surface area contributed by atoms with Crippen LogP contribution < -0.4 is 9.64 Å². The number of amides is 1. The van der Waals surface area contributed by atoms with Crippen molar-refractivity contribution >= 4 is 51.7 Å². The summed E-state index contributed by atoms with van der Waals surface area (Å²) in [5.74, 6) is 1.49. The Kier molecular flexibility index (Phi) is 5.78. The summed E-state index contributed by atoms with van der Waals surface area (Å²) in [5, 5.41) is 3.03. The summed E-state index contributed by atoms with van der Waals surface area (Å²) in [5.41, 5.74) is 1.56. The van der Waals surface area contributed by atoms with Crippen molar-refractivity contribution in [2.75, 3.05) is 11.5 Å². The maximum Gasteiger partial charge on any atom is 0.270 e. The molecule has 2 aromatic carbocycles. The largest absolute Gasteiger partial charge is 0.494 e. The number of furan rings is 1. The van der Waals surface area contributed by atoms with Gasteiger partial charge in [0.15, 0.2) is 4.32 Å². The molecule has 0 aliphatic carbocycles. The van der Waals surface area contributed by atoms with Gasteiger partial charge in [0.2, 0.25) is 0 Å². The van der Waals surface area contributed by atoms with Gasteiger partial charge in [0.1, 0.15) is 23.0 Å². The van der Waals surface area contributed by atoms with Gasteiger partial charge in [-0.3, -0.25) is 9.69 Å². The van der Waals surface area contributed by atoms with Crippen LogP contribution in [0, 0.1) is 4.91 Å². The van der Waals surface area contributed by atoms with E-state index >= 15 is 0 Å². The molecule has 30 heavy (non-hydrogen) atoms. The monoisotopic (exact) mass is 436 g/mol. The van der Waals surface area contributed by atoms with E-state index < -0.39 is 0 Å². The predicted molar refractivity (Wildman–Crippen MR) is 123 cm³/mol. The maximum absolute atomic E-state index is 12.9. The summed E-state index contributed by atoms with van der Waals surface area (Å²) in [7, 11) is 0. The molecule has 1 saturated heterocycles. The highest BCUT2D eigenvalue weighted by atomic mass is 32.2. The first kappa shape index (κ1) is 20.1. The molecule has 1 amide bonds. The van der Waals surface area contributed by atoms with Crippen molar-refractivity contribution in [3.05, 3.63) is 76.2 Å². The van der Waals surface area contributed by atoms with Crippen LogP contribution in [0.2, 0.25) is 0 Å². The van der Waals surface area contributed by atoms with Crippen LogP contribution in [0.1, 0.15) is 12.7 Å². The number of benzene rings is 2. The number of ether oxygens (including phenoxy) is 1. The highest BCUT2D eigenvalue weighted by Crippen LogP contribution is 2.37. The fourth-order valence-electron chi connectivity index (χ4n) is 3.01. The number of nitroso groups, excluding NO2 is 1. The van der Waals surface area contributed by atoms with Gasteiger partial charge < -0.3 is 9.15 Å². The SMILES string of the molecule is CCOc1ccc(N2C(=O)/C(=C\c3ccc(-c4ccccc4N=O)o3)SC2=S)cc1. The van der Waals surface area contributed by atoms with Crippen molar-refractivity contribution in [2.45, 2.75) is 6.92 Å². The number of carbonyl (C=O) groups is 1. The summed E-state index contributed by atoms with van der Waals surface area (Å²) < 4.78 is 11.7. The minimum atomic E-state index is -0.220. The Hall–Kier alpha value is -3.23. The lowest BCUT2D eigenvalue weighted by Gasteiger charge is -2.15. The summed E-state index contributed by atoms with van der Waals surface area (Å²) in [6.45, 7) is 2.48. The minimum absolute atomic E-state index is 0.220. The van der Waals surface area contributed by atoms with Gasteiger partial charge in [0.25, 0.3) is 5.91 Å². The molecule has 0 unspecified atom stereocenters. The quantitative estimate of drug-likeness (QED) is 0.262. The molecule has 1 aliphatic heterocycles. The molecule has 6 nitrogen and oxygen atoms in total. The molecule has 3 aromatic rings. The van der Waals surface area contributed by atoms with E-state index in [9.17, 15) is 9.70 Å². The summed E-state index contributed by atoms with van der Waals surface area (Å²) in [4.78, 5) is 25.9. The van der Waals surface area contributed by atoms with Gasteiger partial charge in [0.05, 0.1) is 17.2 Å². The van der Waals surface area contributed by atoms with Crippen LogP contribution in [-0.4, -0.2) is 16.8 Å². The molecule has 0 bridgehead atoms. The van der Waals surface area contributed by atoms with E-state index in [0.29, 0.717) is 44.3 Å². The molecule has 150 valence electrons. The van der Waals surface area contributed by atoms with Gasteiger partial charge >= 0.3 is 0 Å². The number of thiocarbonyl (C=S) groups is 1. The van der Waals surface area contributed by atoms with E-state index in [0.717, 1.165) is 5.75 Å². The molecule has 4 rings (SSSR count). The van der Waals surface area contributed by atoms with Crippen molar-refractivity contribution in [3.63, 3.8) is 0 Å². The molecule has 2 heterocycles. The number of rotatable bonds is 6. The zero-order chi connectivity index (χ0) is 21.1. The van der Waals surface area contributed by atoms with Crippen LogP contribution in [0.3, 0.4) is 0 Å². The third-order valence-corrected chi connectivity index (χ3v) is 5.67. The Labute approximate surface area is 182 Å². The number of carbonyl (C=O) groups excluding carboxylic acids is 1. The van der Waals surface area contributed by atoms with Gasteiger partial charge in [-0.05, 0) is 60.6 Å². The van der Waals surface area contributed by atoms with E-state index in [-0.39, 0.29) is 5.91 Å². The Balaban J connectivity index is 1.58. The Morgan fingerprint density at radius 1 is 1.13 bits per heavy atom. The molecule has 0 atom stereocenters. The third kappa shape index (κ3) is 3.92. The first-order valence-electron chi connectivity index (χ1n) is 9.14. The van der Waals surface area contributed by atoms with Gasteiger partial charge in [-0.2, -0.15) is 0 Å². The van der Waals surface area contributed by atoms with Crippen LogP contribution in [0.5, 0.6) is 5.75 Å². The number of anilines is 1. The zero-order valence-corrected chi connectivity index (χ0v) is 17.5. The van der Waals surface area contributed by atoms with Crippen molar-refractivity contribution in [1.82, 2.24) is 0 Å². The van der Waals surface area contributed by atoms with Gasteiger partial charge in [0, 0.05) is 11.6 Å². The second-order valence-corrected chi connectivity index (χ2v) is 7.93. The smallest absolute Gasteiger partial charge is 0.270 e. The Morgan fingerprint density at radius 2 is 1.90 bits per heavy atom. The first-order valence-corrected chi connectivity index (χ1v) is 10.4. The first-order chi connectivity index (χ1) is 14.6. The molecule has 1 aromatic heterocycles. The number of hydrogen-bond acceptors (Lipinski definition) is 7. The zero-order valence-electron chi connectivity index (χ0n) is 15.9. The molecule has 1 fully saturated rings. The summed E-state index contributed by atoms with van der Waals surface area (Å²) >= 11 is 6.62. The van der Waals surface area contributed by atoms with E-state index in [4.69, 9.17) is 21.4 Å². The van der Waals surface area contributed by atoms with Crippen molar-refractivity contribution in [3.8, 4) is 17.1 Å². The van der Waals surface area contributed by atoms with E-state index in [2.05, 4.69) is 5.18 Å². The van der Waals surface area contributed by atoms with Crippen molar-refractivity contribution in [1.29, 1.82) is 0 Å². The predicted octanol–water partition coefficient (Wildman–Crippen LogP) is 6.15. The molecule has 0 radical (unpaired) electrons. The number of thioether (sulfide) groups is 1. The molecule has 1 aliphatic rings. The normalized spacial score (nSPS) is 15.1. The summed E-state index contributed by atoms with van der Waals surface area (Å²) in [6, 6.07) is 17.6. The van der Waals surface area contributed by atoms with E-state index in [1.807, 2.05) is 6.92 Å². The van der Waals surface area contributed by atoms with Gasteiger partial charge in [-0.1, -0.05) is 36.1 Å². The molecule has 0 saturated carbocycles.